The van der Waals surface area contributed by atoms with E-state index in [-0.39, 0.29) is 23.0 Å². The van der Waals surface area contributed by atoms with Crippen LogP contribution in [0, 0.1) is 5.41 Å². The number of rotatable bonds is 5. The van der Waals surface area contributed by atoms with Gasteiger partial charge in [-0.15, -0.1) is 0 Å². The fourth-order valence-corrected chi connectivity index (χ4v) is 6.00. The predicted molar refractivity (Wildman–Crippen MR) is 112 cm³/mol. The molecule has 1 aliphatic carbocycles. The maximum atomic E-state index is 13.1. The van der Waals surface area contributed by atoms with E-state index < -0.39 is 10.0 Å². The summed E-state index contributed by atoms with van der Waals surface area (Å²) in [5, 5.41) is 4.87. The summed E-state index contributed by atoms with van der Waals surface area (Å²) in [5.74, 6) is 0.156. The Morgan fingerprint density at radius 2 is 1.90 bits per heavy atom. The third-order valence-electron chi connectivity index (χ3n) is 6.07. The Labute approximate surface area is 173 Å². The van der Waals surface area contributed by atoms with E-state index >= 15 is 0 Å². The maximum absolute atomic E-state index is 13.1. The summed E-state index contributed by atoms with van der Waals surface area (Å²) >= 11 is 0. The SMILES string of the molecule is CCS(=O)(=O)N1CCC[C@@H]1c1nn(Cc2ccccc2)c2c1C(=O)CC(C)(C)C2. The predicted octanol–water partition coefficient (Wildman–Crippen LogP) is 3.57. The second-order valence-electron chi connectivity index (χ2n) is 8.96. The van der Waals surface area contributed by atoms with Crippen LogP contribution in [0.4, 0.5) is 0 Å². The fourth-order valence-electron chi connectivity index (χ4n) is 4.67. The third-order valence-corrected chi connectivity index (χ3v) is 7.95. The van der Waals surface area contributed by atoms with Crippen molar-refractivity contribution in [1.82, 2.24) is 14.1 Å². The van der Waals surface area contributed by atoms with E-state index in [9.17, 15) is 13.2 Å². The largest absolute Gasteiger partial charge is 0.294 e. The molecular weight excluding hydrogens is 386 g/mol. The molecule has 4 rings (SSSR count). The van der Waals surface area contributed by atoms with Gasteiger partial charge in [-0.3, -0.25) is 9.48 Å². The highest BCUT2D eigenvalue weighted by molar-refractivity contribution is 7.89. The number of benzene rings is 1. The lowest BCUT2D eigenvalue weighted by molar-refractivity contribution is 0.0908. The van der Waals surface area contributed by atoms with Crippen LogP contribution in [0.1, 0.15) is 73.4 Å². The normalized spacial score (nSPS) is 22.0. The highest BCUT2D eigenvalue weighted by atomic mass is 32.2. The highest BCUT2D eigenvalue weighted by Crippen LogP contribution is 2.42. The number of aromatic nitrogens is 2. The van der Waals surface area contributed by atoms with Gasteiger partial charge in [0.2, 0.25) is 10.0 Å². The van der Waals surface area contributed by atoms with Crippen molar-refractivity contribution in [3.05, 3.63) is 52.8 Å². The Balaban J connectivity index is 1.82. The molecule has 0 saturated carbocycles. The summed E-state index contributed by atoms with van der Waals surface area (Å²) < 4.78 is 28.8. The van der Waals surface area contributed by atoms with Crippen LogP contribution in [-0.2, 0) is 23.0 Å². The number of Topliss-reactive ketones (excluding diaryl/α,β-unsaturated/α-hetero) is 1. The van der Waals surface area contributed by atoms with Crippen LogP contribution >= 0.6 is 0 Å². The van der Waals surface area contributed by atoms with Gasteiger partial charge >= 0.3 is 0 Å². The molecule has 0 radical (unpaired) electrons. The molecule has 0 bridgehead atoms. The van der Waals surface area contributed by atoms with Crippen molar-refractivity contribution in [3.63, 3.8) is 0 Å². The van der Waals surface area contributed by atoms with Gasteiger partial charge in [-0.1, -0.05) is 44.2 Å². The molecule has 0 unspecified atom stereocenters. The number of hydrogen-bond acceptors (Lipinski definition) is 4. The number of sulfonamides is 1. The minimum atomic E-state index is -3.34. The molecule has 1 aliphatic heterocycles. The Kier molecular flexibility index (Phi) is 5.15. The molecule has 156 valence electrons. The Morgan fingerprint density at radius 3 is 2.59 bits per heavy atom. The van der Waals surface area contributed by atoms with Crippen molar-refractivity contribution < 1.29 is 13.2 Å². The zero-order valence-corrected chi connectivity index (χ0v) is 18.2. The Hall–Kier alpha value is -1.99. The van der Waals surface area contributed by atoms with E-state index in [0.717, 1.165) is 24.1 Å². The minimum absolute atomic E-state index is 0.0669. The Bertz CT molecular complexity index is 1030. The van der Waals surface area contributed by atoms with Gasteiger partial charge in [0.1, 0.15) is 0 Å². The molecule has 6 nitrogen and oxygen atoms in total. The Morgan fingerprint density at radius 1 is 1.17 bits per heavy atom. The van der Waals surface area contributed by atoms with Gasteiger partial charge in [0.15, 0.2) is 5.78 Å². The number of carbonyl (C=O) groups excluding carboxylic acids is 1. The lowest BCUT2D eigenvalue weighted by Gasteiger charge is -2.30. The summed E-state index contributed by atoms with van der Waals surface area (Å²) in [6.45, 7) is 6.97. The van der Waals surface area contributed by atoms with Crippen LogP contribution < -0.4 is 0 Å². The number of hydrogen-bond donors (Lipinski definition) is 0. The molecule has 1 aromatic carbocycles. The third kappa shape index (κ3) is 3.78. The summed E-state index contributed by atoms with van der Waals surface area (Å²) in [7, 11) is -3.34. The number of ketones is 1. The van der Waals surface area contributed by atoms with Crippen molar-refractivity contribution in [2.24, 2.45) is 5.41 Å². The first-order valence-corrected chi connectivity index (χ1v) is 12.0. The van der Waals surface area contributed by atoms with E-state index in [1.54, 1.807) is 11.2 Å². The second kappa shape index (κ2) is 7.36. The second-order valence-corrected chi connectivity index (χ2v) is 11.2. The van der Waals surface area contributed by atoms with Crippen LogP contribution in [-0.4, -0.2) is 40.6 Å². The van der Waals surface area contributed by atoms with Crippen LogP contribution in [0.15, 0.2) is 30.3 Å². The van der Waals surface area contributed by atoms with Crippen LogP contribution in [0.2, 0.25) is 0 Å². The minimum Gasteiger partial charge on any atom is -0.294 e. The molecule has 0 spiro atoms. The molecule has 1 atom stereocenters. The van der Waals surface area contributed by atoms with Crippen molar-refractivity contribution in [2.75, 3.05) is 12.3 Å². The lowest BCUT2D eigenvalue weighted by Crippen LogP contribution is -2.33. The zero-order valence-electron chi connectivity index (χ0n) is 17.4. The van der Waals surface area contributed by atoms with E-state index in [1.807, 2.05) is 35.0 Å². The van der Waals surface area contributed by atoms with Gasteiger partial charge in [-0.05, 0) is 37.2 Å². The van der Waals surface area contributed by atoms with E-state index in [2.05, 4.69) is 13.8 Å². The van der Waals surface area contributed by atoms with Gasteiger partial charge in [0.05, 0.1) is 35.3 Å². The quantitative estimate of drug-likeness (QED) is 0.748. The van der Waals surface area contributed by atoms with Gasteiger partial charge in [-0.25, -0.2) is 8.42 Å². The molecule has 0 N–H and O–H groups in total. The molecule has 2 aliphatic rings. The van der Waals surface area contributed by atoms with Gasteiger partial charge in [0.25, 0.3) is 0 Å². The smallest absolute Gasteiger partial charge is 0.214 e. The first-order valence-electron chi connectivity index (χ1n) is 10.4. The van der Waals surface area contributed by atoms with Crippen LogP contribution in [0.3, 0.4) is 0 Å². The monoisotopic (exact) mass is 415 g/mol. The topological polar surface area (TPSA) is 72.3 Å². The van der Waals surface area contributed by atoms with Crippen LogP contribution in [0.25, 0.3) is 0 Å². The molecular formula is C22H29N3O3S. The van der Waals surface area contributed by atoms with Gasteiger partial charge < -0.3 is 0 Å². The molecule has 2 aromatic rings. The van der Waals surface area contributed by atoms with Crippen molar-refractivity contribution in [1.29, 1.82) is 0 Å². The highest BCUT2D eigenvalue weighted by Gasteiger charge is 2.42. The van der Waals surface area contributed by atoms with E-state index in [0.29, 0.717) is 37.2 Å². The van der Waals surface area contributed by atoms with Crippen LogP contribution in [0.5, 0.6) is 0 Å². The van der Waals surface area contributed by atoms with Gasteiger partial charge in [-0.2, -0.15) is 9.40 Å². The van der Waals surface area contributed by atoms with E-state index in [4.69, 9.17) is 5.10 Å². The molecule has 2 heterocycles. The first kappa shape index (κ1) is 20.3. The molecule has 1 aromatic heterocycles. The van der Waals surface area contributed by atoms with Crippen molar-refractivity contribution in [3.8, 4) is 0 Å². The zero-order chi connectivity index (χ0) is 20.8. The lowest BCUT2D eigenvalue weighted by atomic mass is 9.75. The molecule has 7 heteroatoms. The summed E-state index contributed by atoms with van der Waals surface area (Å²) in [4.78, 5) is 13.1. The standard InChI is InChI=1S/C22H29N3O3S/c1-4-29(27,28)25-12-8-11-17(25)21-20-18(13-22(2,3)14-19(20)26)24(23-21)15-16-9-6-5-7-10-16/h5-7,9-10,17H,4,8,11-15H2,1-3H3/t17-/m1/s1. The average molecular weight is 416 g/mol. The summed E-state index contributed by atoms with van der Waals surface area (Å²) in [6.07, 6.45) is 2.74. The average Bonchev–Trinajstić information content (AvgIpc) is 3.27. The molecule has 1 saturated heterocycles. The number of carbonyl (C=O) groups is 1. The number of fused-ring (bicyclic) bond motifs is 1. The summed E-state index contributed by atoms with van der Waals surface area (Å²) in [6, 6.07) is 9.73. The molecule has 1 fully saturated rings. The number of nitrogens with zero attached hydrogens (tertiary/aromatic N) is 3. The summed E-state index contributed by atoms with van der Waals surface area (Å²) in [5.41, 5.74) is 3.27. The van der Waals surface area contributed by atoms with Crippen molar-refractivity contribution in [2.45, 2.75) is 59.0 Å². The molecule has 0 amide bonds. The first-order chi connectivity index (χ1) is 13.7. The van der Waals surface area contributed by atoms with E-state index in [1.165, 1.54) is 0 Å². The molecule has 29 heavy (non-hydrogen) atoms. The van der Waals surface area contributed by atoms with Crippen molar-refractivity contribution >= 4 is 15.8 Å². The fraction of sp³-hybridized carbons (Fsp3) is 0.545. The van der Waals surface area contributed by atoms with Gasteiger partial charge in [0, 0.05) is 13.0 Å². The maximum Gasteiger partial charge on any atom is 0.214 e.